The molecule has 0 saturated carbocycles. The molecular formula is C15H16N6O. The molecule has 0 N–H and O–H groups in total. The first kappa shape index (κ1) is 14.0. The van der Waals surface area contributed by atoms with Gasteiger partial charge in [-0.2, -0.15) is 14.9 Å². The van der Waals surface area contributed by atoms with Crippen LogP contribution in [0.3, 0.4) is 0 Å². The van der Waals surface area contributed by atoms with Crippen LogP contribution in [-0.4, -0.2) is 38.0 Å². The molecule has 0 spiro atoms. The zero-order chi connectivity index (χ0) is 15.5. The SMILES string of the molecule is COc1ccc(/C=N\n2cnnc2-n2nc(C)cc2C)cc1. The Bertz CT molecular complexity index is 800. The maximum Gasteiger partial charge on any atom is 0.273 e. The molecule has 3 rings (SSSR count). The van der Waals surface area contributed by atoms with Crippen LogP contribution in [0, 0.1) is 13.8 Å². The van der Waals surface area contributed by atoms with Crippen molar-refractivity contribution in [1.82, 2.24) is 24.7 Å². The van der Waals surface area contributed by atoms with Crippen molar-refractivity contribution in [2.75, 3.05) is 7.11 Å². The van der Waals surface area contributed by atoms with Crippen LogP contribution in [0.4, 0.5) is 0 Å². The lowest BCUT2D eigenvalue weighted by Gasteiger charge is -2.02. The van der Waals surface area contributed by atoms with Gasteiger partial charge in [-0.3, -0.25) is 0 Å². The summed E-state index contributed by atoms with van der Waals surface area (Å²) in [5.41, 5.74) is 2.85. The minimum atomic E-state index is 0.551. The van der Waals surface area contributed by atoms with Crippen LogP contribution in [-0.2, 0) is 0 Å². The van der Waals surface area contributed by atoms with Crippen molar-refractivity contribution >= 4 is 6.21 Å². The second-order valence-electron chi connectivity index (χ2n) is 4.83. The molecule has 0 aliphatic heterocycles. The lowest BCUT2D eigenvalue weighted by molar-refractivity contribution is 0.415. The fourth-order valence-electron chi connectivity index (χ4n) is 2.09. The van der Waals surface area contributed by atoms with Crippen molar-refractivity contribution in [3.8, 4) is 11.7 Å². The fourth-order valence-corrected chi connectivity index (χ4v) is 2.09. The molecule has 7 heteroatoms. The Kier molecular flexibility index (Phi) is 3.69. The second-order valence-corrected chi connectivity index (χ2v) is 4.83. The van der Waals surface area contributed by atoms with Gasteiger partial charge in [0.2, 0.25) is 0 Å². The molecule has 0 fully saturated rings. The quantitative estimate of drug-likeness (QED) is 0.690. The van der Waals surface area contributed by atoms with Crippen LogP contribution < -0.4 is 4.74 Å². The van der Waals surface area contributed by atoms with E-state index in [2.05, 4.69) is 20.4 Å². The average molecular weight is 296 g/mol. The molecule has 22 heavy (non-hydrogen) atoms. The molecule has 112 valence electrons. The van der Waals surface area contributed by atoms with E-state index in [4.69, 9.17) is 4.74 Å². The Morgan fingerprint density at radius 3 is 2.59 bits per heavy atom. The fraction of sp³-hybridized carbons (Fsp3) is 0.200. The van der Waals surface area contributed by atoms with Gasteiger partial charge in [-0.15, -0.1) is 10.2 Å². The maximum absolute atomic E-state index is 5.13. The van der Waals surface area contributed by atoms with Gasteiger partial charge in [0.1, 0.15) is 12.1 Å². The largest absolute Gasteiger partial charge is 0.497 e. The Morgan fingerprint density at radius 2 is 1.95 bits per heavy atom. The van der Waals surface area contributed by atoms with E-state index in [1.165, 1.54) is 0 Å². The highest BCUT2D eigenvalue weighted by molar-refractivity contribution is 5.79. The summed E-state index contributed by atoms with van der Waals surface area (Å²) in [6.07, 6.45) is 3.28. The second kappa shape index (κ2) is 5.80. The maximum atomic E-state index is 5.13. The molecule has 0 atom stereocenters. The molecule has 2 heterocycles. The number of hydrogen-bond donors (Lipinski definition) is 0. The smallest absolute Gasteiger partial charge is 0.273 e. The summed E-state index contributed by atoms with van der Waals surface area (Å²) in [6, 6.07) is 9.60. The molecule has 0 amide bonds. The summed E-state index contributed by atoms with van der Waals surface area (Å²) in [5, 5.41) is 16.8. The summed E-state index contributed by atoms with van der Waals surface area (Å²) < 4.78 is 8.43. The van der Waals surface area contributed by atoms with E-state index in [0.717, 1.165) is 22.7 Å². The number of nitrogens with zero attached hydrogens (tertiary/aromatic N) is 6. The number of methoxy groups -OCH3 is 1. The van der Waals surface area contributed by atoms with E-state index in [0.29, 0.717) is 5.95 Å². The lowest BCUT2D eigenvalue weighted by Crippen LogP contribution is -2.06. The zero-order valence-electron chi connectivity index (χ0n) is 12.6. The van der Waals surface area contributed by atoms with Crippen LogP contribution in [0.1, 0.15) is 17.0 Å². The number of hydrogen-bond acceptors (Lipinski definition) is 5. The van der Waals surface area contributed by atoms with Crippen molar-refractivity contribution in [3.05, 3.63) is 53.6 Å². The molecule has 0 aliphatic carbocycles. The monoisotopic (exact) mass is 296 g/mol. The zero-order valence-corrected chi connectivity index (χ0v) is 12.6. The van der Waals surface area contributed by atoms with Gasteiger partial charge in [-0.05, 0) is 49.7 Å². The van der Waals surface area contributed by atoms with Crippen molar-refractivity contribution in [3.63, 3.8) is 0 Å². The van der Waals surface area contributed by atoms with Gasteiger partial charge >= 0.3 is 0 Å². The molecule has 3 aromatic rings. The topological polar surface area (TPSA) is 70.1 Å². The van der Waals surface area contributed by atoms with Crippen LogP contribution in [0.15, 0.2) is 41.8 Å². The van der Waals surface area contributed by atoms with Crippen molar-refractivity contribution in [2.45, 2.75) is 13.8 Å². The first-order chi connectivity index (χ1) is 10.7. The van der Waals surface area contributed by atoms with Gasteiger partial charge < -0.3 is 4.74 Å². The molecule has 0 radical (unpaired) electrons. The number of ether oxygens (including phenoxy) is 1. The molecular weight excluding hydrogens is 280 g/mol. The van der Waals surface area contributed by atoms with Crippen LogP contribution in [0.25, 0.3) is 5.95 Å². The predicted molar refractivity (Wildman–Crippen MR) is 82.6 cm³/mol. The third kappa shape index (κ3) is 2.73. The molecule has 0 bridgehead atoms. The van der Waals surface area contributed by atoms with E-state index < -0.39 is 0 Å². The average Bonchev–Trinajstić information content (AvgIpc) is 3.11. The predicted octanol–water partition coefficient (Wildman–Crippen LogP) is 1.97. The van der Waals surface area contributed by atoms with Crippen LogP contribution >= 0.6 is 0 Å². The van der Waals surface area contributed by atoms with E-state index in [1.54, 1.807) is 29.0 Å². The summed E-state index contributed by atoms with van der Waals surface area (Å²) in [5.74, 6) is 1.36. The van der Waals surface area contributed by atoms with E-state index >= 15 is 0 Å². The van der Waals surface area contributed by atoms with Gasteiger partial charge in [0.05, 0.1) is 19.0 Å². The highest BCUT2D eigenvalue weighted by atomic mass is 16.5. The summed E-state index contributed by atoms with van der Waals surface area (Å²) in [7, 11) is 1.64. The summed E-state index contributed by atoms with van der Waals surface area (Å²) in [6.45, 7) is 3.90. The van der Waals surface area contributed by atoms with Gasteiger partial charge in [-0.1, -0.05) is 0 Å². The van der Waals surface area contributed by atoms with Gasteiger partial charge in [0.25, 0.3) is 5.95 Å². The molecule has 0 saturated heterocycles. The number of aromatic nitrogens is 5. The molecule has 2 aromatic heterocycles. The lowest BCUT2D eigenvalue weighted by atomic mass is 10.2. The number of aryl methyl sites for hydroxylation is 2. The normalized spacial score (nSPS) is 11.2. The van der Waals surface area contributed by atoms with Crippen molar-refractivity contribution in [2.24, 2.45) is 5.10 Å². The Labute approximate surface area is 127 Å². The molecule has 1 aromatic carbocycles. The highest BCUT2D eigenvalue weighted by Crippen LogP contribution is 2.11. The van der Waals surface area contributed by atoms with Gasteiger partial charge in [0, 0.05) is 5.69 Å². The summed E-state index contributed by atoms with van der Waals surface area (Å²) >= 11 is 0. The van der Waals surface area contributed by atoms with Crippen molar-refractivity contribution < 1.29 is 4.74 Å². The first-order valence-corrected chi connectivity index (χ1v) is 6.79. The minimum absolute atomic E-state index is 0.551. The standard InChI is InChI=1S/C15H16N6O/c1-11-8-12(2)21(19-11)15-18-16-10-20(15)17-9-13-4-6-14(22-3)7-5-13/h4-10H,1-3H3/b17-9-. The Morgan fingerprint density at radius 1 is 1.18 bits per heavy atom. The van der Waals surface area contributed by atoms with E-state index in [9.17, 15) is 0 Å². The van der Waals surface area contributed by atoms with E-state index in [-0.39, 0.29) is 0 Å². The molecule has 0 aliphatic rings. The Balaban J connectivity index is 1.88. The number of benzene rings is 1. The van der Waals surface area contributed by atoms with Crippen molar-refractivity contribution in [1.29, 1.82) is 0 Å². The molecule has 0 unspecified atom stereocenters. The molecule has 7 nitrogen and oxygen atoms in total. The third-order valence-corrected chi connectivity index (χ3v) is 3.16. The van der Waals surface area contributed by atoms with Crippen LogP contribution in [0.2, 0.25) is 0 Å². The van der Waals surface area contributed by atoms with Gasteiger partial charge in [-0.25, -0.2) is 4.68 Å². The minimum Gasteiger partial charge on any atom is -0.497 e. The first-order valence-electron chi connectivity index (χ1n) is 6.79. The van der Waals surface area contributed by atoms with Gasteiger partial charge in [0.15, 0.2) is 0 Å². The van der Waals surface area contributed by atoms with Crippen LogP contribution in [0.5, 0.6) is 5.75 Å². The number of rotatable bonds is 4. The highest BCUT2D eigenvalue weighted by Gasteiger charge is 2.10. The third-order valence-electron chi connectivity index (χ3n) is 3.16. The van der Waals surface area contributed by atoms with E-state index in [1.807, 2.05) is 44.2 Å². The Hall–Kier alpha value is -2.96. The summed E-state index contributed by atoms with van der Waals surface area (Å²) in [4.78, 5) is 0.